The number of halogens is 1. The number of benzene rings is 1. The van der Waals surface area contributed by atoms with Gasteiger partial charge >= 0.3 is 0 Å². The second-order valence-corrected chi connectivity index (χ2v) is 8.39. The number of rotatable bonds is 6. The Hall–Kier alpha value is -3.56. The fourth-order valence-corrected chi connectivity index (χ4v) is 4.16. The number of hydrogen-bond acceptors (Lipinski definition) is 8. The molecule has 0 amide bonds. The van der Waals surface area contributed by atoms with E-state index in [0.29, 0.717) is 39.5 Å². The highest BCUT2D eigenvalue weighted by molar-refractivity contribution is 6.33. The van der Waals surface area contributed by atoms with Crippen molar-refractivity contribution in [2.45, 2.75) is 12.5 Å². The van der Waals surface area contributed by atoms with Gasteiger partial charge in [0, 0.05) is 30.9 Å². The van der Waals surface area contributed by atoms with Gasteiger partial charge in [0.15, 0.2) is 0 Å². The first-order valence-electron chi connectivity index (χ1n) is 10.6. The predicted molar refractivity (Wildman–Crippen MR) is 128 cm³/mol. The van der Waals surface area contributed by atoms with Gasteiger partial charge in [-0.05, 0) is 31.7 Å². The summed E-state index contributed by atoms with van der Waals surface area (Å²) in [5, 5.41) is 7.99. The minimum absolute atomic E-state index is 0.105. The zero-order valence-electron chi connectivity index (χ0n) is 18.3. The molecule has 1 fully saturated rings. The maximum absolute atomic E-state index is 6.43. The minimum Gasteiger partial charge on any atom is -0.494 e. The number of likely N-dealkylation sites (N-methyl/N-ethyl adjacent to an activating group) is 1. The first-order chi connectivity index (χ1) is 16.0. The van der Waals surface area contributed by atoms with E-state index >= 15 is 0 Å². The van der Waals surface area contributed by atoms with Crippen LogP contribution in [-0.4, -0.2) is 57.8 Å². The second kappa shape index (κ2) is 8.76. The molecular weight excluding hydrogens is 442 g/mol. The van der Waals surface area contributed by atoms with Crippen LogP contribution in [-0.2, 0) is 0 Å². The SMILES string of the molecule is COc1cc(O[C@@H]2CCN(C)C2)c(N)cc1Nc1ncc(Cl)c(-c2cnn3ccccc23)n1. The molecule has 0 saturated carbocycles. The van der Waals surface area contributed by atoms with E-state index in [4.69, 9.17) is 26.8 Å². The van der Waals surface area contributed by atoms with Crippen LogP contribution in [0.1, 0.15) is 6.42 Å². The van der Waals surface area contributed by atoms with E-state index in [1.807, 2.05) is 24.4 Å². The third kappa shape index (κ3) is 4.24. The van der Waals surface area contributed by atoms with Crippen molar-refractivity contribution >= 4 is 34.4 Å². The maximum atomic E-state index is 6.43. The number of likely N-dealkylation sites (tertiary alicyclic amines) is 1. The minimum atomic E-state index is 0.105. The van der Waals surface area contributed by atoms with Crippen LogP contribution in [0.2, 0.25) is 5.02 Å². The fourth-order valence-electron chi connectivity index (χ4n) is 3.97. The molecule has 4 heterocycles. The Morgan fingerprint density at radius 3 is 2.88 bits per heavy atom. The number of pyridine rings is 1. The van der Waals surface area contributed by atoms with Gasteiger partial charge in [-0.2, -0.15) is 5.10 Å². The van der Waals surface area contributed by atoms with Gasteiger partial charge in [-0.15, -0.1) is 0 Å². The van der Waals surface area contributed by atoms with Crippen molar-refractivity contribution in [2.24, 2.45) is 0 Å². The lowest BCUT2D eigenvalue weighted by atomic mass is 10.2. The highest BCUT2D eigenvalue weighted by Gasteiger charge is 2.23. The van der Waals surface area contributed by atoms with Gasteiger partial charge in [-0.1, -0.05) is 17.7 Å². The molecule has 5 rings (SSSR count). The number of nitrogen functional groups attached to an aromatic ring is 1. The third-order valence-corrected chi connectivity index (χ3v) is 5.92. The van der Waals surface area contributed by atoms with Crippen LogP contribution in [0, 0.1) is 0 Å². The quantitative estimate of drug-likeness (QED) is 0.414. The van der Waals surface area contributed by atoms with Crippen LogP contribution in [0.25, 0.3) is 16.8 Å². The molecule has 3 N–H and O–H groups in total. The fraction of sp³-hybridized carbons (Fsp3) is 0.261. The zero-order chi connectivity index (χ0) is 22.9. The maximum Gasteiger partial charge on any atom is 0.227 e. The second-order valence-electron chi connectivity index (χ2n) is 7.98. The molecule has 0 aliphatic carbocycles. The molecule has 1 aliphatic rings. The van der Waals surface area contributed by atoms with Gasteiger partial charge in [-0.3, -0.25) is 0 Å². The number of nitrogens with one attached hydrogen (secondary N) is 1. The van der Waals surface area contributed by atoms with Gasteiger partial charge in [0.2, 0.25) is 5.95 Å². The van der Waals surface area contributed by atoms with E-state index in [9.17, 15) is 0 Å². The van der Waals surface area contributed by atoms with Crippen molar-refractivity contribution in [2.75, 3.05) is 38.3 Å². The van der Waals surface area contributed by atoms with Gasteiger partial charge in [0.25, 0.3) is 0 Å². The number of anilines is 3. The van der Waals surface area contributed by atoms with E-state index in [-0.39, 0.29) is 6.10 Å². The number of nitrogens with two attached hydrogens (primary N) is 1. The molecule has 3 aromatic heterocycles. The smallest absolute Gasteiger partial charge is 0.227 e. The van der Waals surface area contributed by atoms with Gasteiger partial charge in [-0.25, -0.2) is 14.5 Å². The summed E-state index contributed by atoms with van der Waals surface area (Å²) in [7, 11) is 3.67. The number of aromatic nitrogens is 4. The van der Waals surface area contributed by atoms with Crippen LogP contribution in [0.3, 0.4) is 0 Å². The molecule has 0 spiro atoms. The zero-order valence-corrected chi connectivity index (χ0v) is 19.1. The van der Waals surface area contributed by atoms with Crippen molar-refractivity contribution in [1.82, 2.24) is 24.5 Å². The molecule has 1 aliphatic heterocycles. The predicted octanol–water partition coefficient (Wildman–Crippen LogP) is 3.86. The number of methoxy groups -OCH3 is 1. The molecule has 10 heteroatoms. The standard InChI is InChI=1S/C23H24ClN7O2/c1-30-8-6-14(13-30)33-20-10-21(32-2)18(9-17(20)25)28-23-26-12-16(24)22(29-23)15-11-27-31-7-4-3-5-19(15)31/h3-5,7,9-12,14H,6,8,13,25H2,1-2H3,(H,26,28,29)/t14-/m1/s1. The number of fused-ring (bicyclic) bond motifs is 1. The van der Waals surface area contributed by atoms with Gasteiger partial charge < -0.3 is 25.4 Å². The van der Waals surface area contributed by atoms with Crippen LogP contribution >= 0.6 is 11.6 Å². The first-order valence-corrected chi connectivity index (χ1v) is 10.9. The molecule has 0 bridgehead atoms. The molecule has 170 valence electrons. The Bertz CT molecular complexity index is 1310. The molecule has 33 heavy (non-hydrogen) atoms. The topological polar surface area (TPSA) is 103 Å². The van der Waals surface area contributed by atoms with E-state index in [1.165, 1.54) is 0 Å². The average molecular weight is 466 g/mol. The number of hydrogen-bond donors (Lipinski definition) is 2. The van der Waals surface area contributed by atoms with Crippen molar-refractivity contribution < 1.29 is 9.47 Å². The largest absolute Gasteiger partial charge is 0.494 e. The summed E-state index contributed by atoms with van der Waals surface area (Å²) >= 11 is 6.43. The molecule has 9 nitrogen and oxygen atoms in total. The van der Waals surface area contributed by atoms with Gasteiger partial charge in [0.1, 0.15) is 17.6 Å². The summed E-state index contributed by atoms with van der Waals surface area (Å²) in [5.41, 5.74) is 9.70. The van der Waals surface area contributed by atoms with Crippen molar-refractivity contribution in [3.05, 3.63) is 53.9 Å². The van der Waals surface area contributed by atoms with Crippen LogP contribution < -0.4 is 20.5 Å². The third-order valence-electron chi connectivity index (χ3n) is 5.65. The summed E-state index contributed by atoms with van der Waals surface area (Å²) in [5.74, 6) is 1.52. The average Bonchev–Trinajstić information content (AvgIpc) is 3.43. The van der Waals surface area contributed by atoms with E-state index in [1.54, 1.807) is 36.2 Å². The first kappa shape index (κ1) is 21.3. The molecule has 1 saturated heterocycles. The molecule has 0 unspecified atom stereocenters. The molecular formula is C23H24ClN7O2. The Kier molecular flexibility index (Phi) is 5.65. The van der Waals surface area contributed by atoms with Crippen LogP contribution in [0.15, 0.2) is 48.9 Å². The van der Waals surface area contributed by atoms with E-state index in [2.05, 4.69) is 32.3 Å². The Balaban J connectivity index is 1.44. The summed E-state index contributed by atoms with van der Waals surface area (Å²) < 4.78 is 13.5. The molecule has 1 atom stereocenters. The summed E-state index contributed by atoms with van der Waals surface area (Å²) in [4.78, 5) is 11.2. The van der Waals surface area contributed by atoms with Crippen LogP contribution in [0.4, 0.5) is 17.3 Å². The van der Waals surface area contributed by atoms with E-state index in [0.717, 1.165) is 30.6 Å². The Morgan fingerprint density at radius 1 is 1.21 bits per heavy atom. The van der Waals surface area contributed by atoms with Crippen molar-refractivity contribution in [3.8, 4) is 22.8 Å². The van der Waals surface area contributed by atoms with Crippen molar-refractivity contribution in [1.29, 1.82) is 0 Å². The van der Waals surface area contributed by atoms with Crippen LogP contribution in [0.5, 0.6) is 11.5 Å². The van der Waals surface area contributed by atoms with E-state index < -0.39 is 0 Å². The lowest BCUT2D eigenvalue weighted by Gasteiger charge is -2.18. The molecule has 1 aromatic carbocycles. The lowest BCUT2D eigenvalue weighted by Crippen LogP contribution is -2.21. The summed E-state index contributed by atoms with van der Waals surface area (Å²) in [6.45, 7) is 1.87. The van der Waals surface area contributed by atoms with Gasteiger partial charge in [0.05, 0.1) is 47.1 Å². The number of ether oxygens (including phenoxy) is 2. The highest BCUT2D eigenvalue weighted by Crippen LogP contribution is 2.37. The Labute approximate surface area is 196 Å². The number of nitrogens with zero attached hydrogens (tertiary/aromatic N) is 5. The molecule has 4 aromatic rings. The summed E-state index contributed by atoms with van der Waals surface area (Å²) in [6, 6.07) is 9.36. The van der Waals surface area contributed by atoms with Crippen molar-refractivity contribution in [3.63, 3.8) is 0 Å². The highest BCUT2D eigenvalue weighted by atomic mass is 35.5. The molecule has 0 radical (unpaired) electrons. The summed E-state index contributed by atoms with van der Waals surface area (Å²) in [6.07, 6.45) is 6.23. The normalized spacial score (nSPS) is 16.3. The monoisotopic (exact) mass is 465 g/mol. The Morgan fingerprint density at radius 2 is 2.09 bits per heavy atom. The lowest BCUT2D eigenvalue weighted by molar-refractivity contribution is 0.208.